The molecule has 0 rings (SSSR count). The van der Waals surface area contributed by atoms with Crippen LogP contribution in [0.5, 0.6) is 0 Å². The summed E-state index contributed by atoms with van der Waals surface area (Å²) in [6.07, 6.45) is 60.2. The van der Waals surface area contributed by atoms with Crippen LogP contribution in [0.25, 0.3) is 0 Å². The zero-order valence-electron chi connectivity index (χ0n) is 41.3. The summed E-state index contributed by atoms with van der Waals surface area (Å²) in [5, 5.41) is 23.8. The molecule has 0 saturated carbocycles. The van der Waals surface area contributed by atoms with Gasteiger partial charge in [-0.15, -0.1) is 0 Å². The number of aliphatic hydroxyl groups is 2. The molecular weight excluding hydrogens is 767 g/mol. The van der Waals surface area contributed by atoms with Crippen LogP contribution in [-0.2, 0) is 14.3 Å². The van der Waals surface area contributed by atoms with Crippen LogP contribution in [-0.4, -0.2) is 46.9 Å². The SMILES string of the molecule is CC/C=C/C/C=C/C/C=C/CCCCCCCCC(=O)OC(CCCCCCC/C=C/CCCCCCCC)CC(=O)NC(CO)C(O)CCCCCCCCCCCCCC. The van der Waals surface area contributed by atoms with E-state index in [9.17, 15) is 19.8 Å². The molecule has 362 valence electrons. The van der Waals surface area contributed by atoms with Crippen molar-refractivity contribution < 1.29 is 24.5 Å². The number of carbonyl (C=O) groups excluding carboxylic acids is 2. The van der Waals surface area contributed by atoms with Gasteiger partial charge in [-0.25, -0.2) is 0 Å². The van der Waals surface area contributed by atoms with E-state index in [1.807, 2.05) is 0 Å². The van der Waals surface area contributed by atoms with Crippen LogP contribution >= 0.6 is 0 Å². The summed E-state index contributed by atoms with van der Waals surface area (Å²) < 4.78 is 5.94. The van der Waals surface area contributed by atoms with Crippen LogP contribution in [0.2, 0.25) is 0 Å². The minimum Gasteiger partial charge on any atom is -0.462 e. The number of amides is 1. The van der Waals surface area contributed by atoms with E-state index in [4.69, 9.17) is 4.74 Å². The molecule has 0 aromatic rings. The van der Waals surface area contributed by atoms with Gasteiger partial charge in [-0.3, -0.25) is 9.59 Å². The number of carbonyl (C=O) groups is 2. The third-order valence-corrected chi connectivity index (χ3v) is 12.1. The molecule has 0 spiro atoms. The predicted molar refractivity (Wildman–Crippen MR) is 269 cm³/mol. The summed E-state index contributed by atoms with van der Waals surface area (Å²) in [5.74, 6) is -0.490. The second-order valence-electron chi connectivity index (χ2n) is 18.2. The van der Waals surface area contributed by atoms with Crippen molar-refractivity contribution in [2.75, 3.05) is 6.61 Å². The van der Waals surface area contributed by atoms with E-state index in [1.54, 1.807) is 0 Å². The maximum atomic E-state index is 13.2. The van der Waals surface area contributed by atoms with Crippen molar-refractivity contribution in [2.45, 2.75) is 289 Å². The standard InChI is InChI=1S/C56H103NO5/c1-4-7-10-13-16-19-22-25-27-29-31-34-37-40-43-46-49-56(61)62-52(47-44-41-38-35-32-30-28-26-23-20-17-14-11-8-5-2)50-55(60)57-53(51-58)54(59)48-45-42-39-36-33-24-21-18-15-12-9-6-3/h7,10,16,19,25-28,52-54,58-59H,4-6,8-9,11-15,17-18,20-24,29-51H2,1-3H3,(H,57,60)/b10-7+,19-16+,27-25+,28-26+. The molecule has 0 aliphatic heterocycles. The molecule has 0 radical (unpaired) electrons. The molecule has 0 heterocycles. The van der Waals surface area contributed by atoms with Crippen LogP contribution < -0.4 is 5.32 Å². The molecule has 6 nitrogen and oxygen atoms in total. The van der Waals surface area contributed by atoms with Crippen LogP contribution in [0, 0.1) is 0 Å². The van der Waals surface area contributed by atoms with Crippen LogP contribution in [0.1, 0.15) is 271 Å². The summed E-state index contributed by atoms with van der Waals surface area (Å²) in [7, 11) is 0. The summed E-state index contributed by atoms with van der Waals surface area (Å²) in [5.41, 5.74) is 0. The van der Waals surface area contributed by atoms with E-state index in [0.29, 0.717) is 19.3 Å². The highest BCUT2D eigenvalue weighted by atomic mass is 16.5. The molecule has 0 saturated heterocycles. The lowest BCUT2D eigenvalue weighted by molar-refractivity contribution is -0.151. The first-order valence-electron chi connectivity index (χ1n) is 26.9. The number of nitrogens with one attached hydrogen (secondary N) is 1. The fraction of sp³-hybridized carbons (Fsp3) is 0.821. The van der Waals surface area contributed by atoms with E-state index in [2.05, 4.69) is 74.7 Å². The first-order valence-corrected chi connectivity index (χ1v) is 26.9. The molecule has 0 bridgehead atoms. The maximum Gasteiger partial charge on any atom is 0.306 e. The fourth-order valence-corrected chi connectivity index (χ4v) is 8.09. The number of rotatable bonds is 48. The molecule has 0 aromatic heterocycles. The number of aliphatic hydroxyl groups excluding tert-OH is 2. The van der Waals surface area contributed by atoms with Crippen molar-refractivity contribution in [3.8, 4) is 0 Å². The highest BCUT2D eigenvalue weighted by Gasteiger charge is 2.24. The summed E-state index contributed by atoms with van der Waals surface area (Å²) in [4.78, 5) is 26.2. The Balaban J connectivity index is 4.60. The van der Waals surface area contributed by atoms with Crippen molar-refractivity contribution in [1.82, 2.24) is 5.32 Å². The van der Waals surface area contributed by atoms with Crippen molar-refractivity contribution in [3.63, 3.8) is 0 Å². The Bertz CT molecular complexity index is 1070. The molecule has 6 heteroatoms. The number of hydrogen-bond acceptors (Lipinski definition) is 5. The van der Waals surface area contributed by atoms with E-state index >= 15 is 0 Å². The molecule has 0 fully saturated rings. The molecule has 3 atom stereocenters. The first-order chi connectivity index (χ1) is 30.5. The average molecular weight is 870 g/mol. The van der Waals surface area contributed by atoms with Crippen molar-refractivity contribution in [1.29, 1.82) is 0 Å². The summed E-state index contributed by atoms with van der Waals surface area (Å²) >= 11 is 0. The second kappa shape index (κ2) is 49.8. The highest BCUT2D eigenvalue weighted by molar-refractivity contribution is 5.77. The van der Waals surface area contributed by atoms with Gasteiger partial charge in [0.1, 0.15) is 6.10 Å². The minimum atomic E-state index is -0.791. The number of allylic oxidation sites excluding steroid dienone is 8. The van der Waals surface area contributed by atoms with Gasteiger partial charge < -0.3 is 20.3 Å². The zero-order valence-corrected chi connectivity index (χ0v) is 41.3. The van der Waals surface area contributed by atoms with Crippen LogP contribution in [0.4, 0.5) is 0 Å². The lowest BCUT2D eigenvalue weighted by atomic mass is 10.0. The maximum absolute atomic E-state index is 13.2. The van der Waals surface area contributed by atoms with Crippen molar-refractivity contribution in [2.24, 2.45) is 0 Å². The van der Waals surface area contributed by atoms with E-state index in [0.717, 1.165) is 89.9 Å². The third kappa shape index (κ3) is 44.4. The highest BCUT2D eigenvalue weighted by Crippen LogP contribution is 2.18. The molecule has 0 aliphatic carbocycles. The first kappa shape index (κ1) is 59.8. The fourth-order valence-electron chi connectivity index (χ4n) is 8.09. The number of unbranched alkanes of at least 4 members (excludes halogenated alkanes) is 28. The summed E-state index contributed by atoms with van der Waals surface area (Å²) in [6.45, 7) is 6.37. The topological polar surface area (TPSA) is 95.9 Å². The van der Waals surface area contributed by atoms with Gasteiger partial charge in [0.25, 0.3) is 0 Å². The van der Waals surface area contributed by atoms with Gasteiger partial charge in [-0.05, 0) is 83.5 Å². The van der Waals surface area contributed by atoms with Crippen LogP contribution in [0.15, 0.2) is 48.6 Å². The number of esters is 1. The Morgan fingerprint density at radius 3 is 1.34 bits per heavy atom. The van der Waals surface area contributed by atoms with Gasteiger partial charge in [-0.2, -0.15) is 0 Å². The molecular formula is C56H103NO5. The molecule has 1 amide bonds. The normalized spacial score (nSPS) is 13.6. The van der Waals surface area contributed by atoms with E-state index in [1.165, 1.54) is 135 Å². The van der Waals surface area contributed by atoms with E-state index < -0.39 is 18.2 Å². The smallest absolute Gasteiger partial charge is 0.306 e. The third-order valence-electron chi connectivity index (χ3n) is 12.1. The number of ether oxygens (including phenoxy) is 1. The molecule has 0 aromatic carbocycles. The van der Waals surface area contributed by atoms with Gasteiger partial charge >= 0.3 is 5.97 Å². The molecule has 3 N–H and O–H groups in total. The van der Waals surface area contributed by atoms with Gasteiger partial charge in [0.05, 0.1) is 25.2 Å². The Morgan fingerprint density at radius 1 is 0.484 bits per heavy atom. The zero-order chi connectivity index (χ0) is 45.2. The van der Waals surface area contributed by atoms with Gasteiger partial charge in [0.2, 0.25) is 5.91 Å². The minimum absolute atomic E-state index is 0.0675. The Kier molecular flexibility index (Phi) is 48.1. The van der Waals surface area contributed by atoms with Gasteiger partial charge in [0.15, 0.2) is 0 Å². The molecule has 62 heavy (non-hydrogen) atoms. The van der Waals surface area contributed by atoms with Crippen molar-refractivity contribution in [3.05, 3.63) is 48.6 Å². The monoisotopic (exact) mass is 870 g/mol. The van der Waals surface area contributed by atoms with E-state index in [-0.39, 0.29) is 24.9 Å². The quantitative estimate of drug-likeness (QED) is 0.0322. The second-order valence-corrected chi connectivity index (χ2v) is 18.2. The summed E-state index contributed by atoms with van der Waals surface area (Å²) in [6, 6.07) is -0.706. The number of hydrogen-bond donors (Lipinski definition) is 3. The van der Waals surface area contributed by atoms with Gasteiger partial charge in [0, 0.05) is 6.42 Å². The Morgan fingerprint density at radius 2 is 0.871 bits per heavy atom. The average Bonchev–Trinajstić information content (AvgIpc) is 3.26. The largest absolute Gasteiger partial charge is 0.462 e. The van der Waals surface area contributed by atoms with Gasteiger partial charge in [-0.1, -0.05) is 223 Å². The van der Waals surface area contributed by atoms with Crippen molar-refractivity contribution >= 4 is 11.9 Å². The Labute approximate surface area is 385 Å². The Hall–Kier alpha value is -2.18. The van der Waals surface area contributed by atoms with Crippen LogP contribution in [0.3, 0.4) is 0 Å². The molecule has 0 aliphatic rings. The predicted octanol–water partition coefficient (Wildman–Crippen LogP) is 16.2. The lowest BCUT2D eigenvalue weighted by Gasteiger charge is -2.24. The molecule has 3 unspecified atom stereocenters. The lowest BCUT2D eigenvalue weighted by Crippen LogP contribution is -2.46.